The van der Waals surface area contributed by atoms with E-state index in [0.29, 0.717) is 18.6 Å². The minimum Gasteiger partial charge on any atom is -0.385 e. The molecule has 1 aliphatic carbocycles. The maximum absolute atomic E-state index is 11.8. The first-order valence-electron chi connectivity index (χ1n) is 7.13. The lowest BCUT2D eigenvalue weighted by atomic mass is 10.0. The molecular weight excluding hydrogens is 228 g/mol. The third kappa shape index (κ3) is 5.36. The Morgan fingerprint density at radius 3 is 2.72 bits per heavy atom. The van der Waals surface area contributed by atoms with Crippen LogP contribution in [0.2, 0.25) is 0 Å². The molecule has 0 heterocycles. The first-order chi connectivity index (χ1) is 8.63. The molecule has 106 valence electrons. The van der Waals surface area contributed by atoms with Crippen LogP contribution < -0.4 is 10.6 Å². The maximum Gasteiger partial charge on any atom is 0.236 e. The summed E-state index contributed by atoms with van der Waals surface area (Å²) in [5.41, 5.74) is 0.499. The fraction of sp³-hybridized carbons (Fsp3) is 0.929. The van der Waals surface area contributed by atoms with Crippen LogP contribution in [0.3, 0.4) is 0 Å². The third-order valence-corrected chi connectivity index (χ3v) is 3.74. The van der Waals surface area contributed by atoms with Crippen molar-refractivity contribution in [3.63, 3.8) is 0 Å². The normalized spacial score (nSPS) is 18.4. The summed E-state index contributed by atoms with van der Waals surface area (Å²) >= 11 is 0. The van der Waals surface area contributed by atoms with Crippen LogP contribution in [0.25, 0.3) is 0 Å². The second-order valence-corrected chi connectivity index (χ2v) is 5.49. The molecule has 4 nitrogen and oxygen atoms in total. The van der Waals surface area contributed by atoms with Gasteiger partial charge in [-0.2, -0.15) is 0 Å². The van der Waals surface area contributed by atoms with Gasteiger partial charge in [-0.05, 0) is 38.0 Å². The highest BCUT2D eigenvalue weighted by molar-refractivity contribution is 5.81. The number of carbonyl (C=O) groups excluding carboxylic acids is 1. The van der Waals surface area contributed by atoms with Gasteiger partial charge in [-0.15, -0.1) is 0 Å². The molecule has 4 heteroatoms. The van der Waals surface area contributed by atoms with E-state index in [4.69, 9.17) is 4.74 Å². The van der Waals surface area contributed by atoms with Crippen LogP contribution in [0.1, 0.15) is 46.0 Å². The fourth-order valence-electron chi connectivity index (χ4n) is 2.27. The number of hydrogen-bond acceptors (Lipinski definition) is 3. The fourth-order valence-corrected chi connectivity index (χ4v) is 2.27. The molecule has 0 spiro atoms. The molecule has 1 saturated carbocycles. The standard InChI is InChI=1S/C14H28N2O2/c1-4-6-14(7-8-14)11-16-12(2)13(17)15-9-5-10-18-3/h12,16H,4-11H2,1-3H3,(H,15,17). The van der Waals surface area contributed by atoms with Gasteiger partial charge in [0.15, 0.2) is 0 Å². The molecular formula is C14H28N2O2. The Morgan fingerprint density at radius 1 is 1.44 bits per heavy atom. The third-order valence-electron chi connectivity index (χ3n) is 3.74. The van der Waals surface area contributed by atoms with Crippen molar-refractivity contribution < 1.29 is 9.53 Å². The number of carbonyl (C=O) groups is 1. The van der Waals surface area contributed by atoms with E-state index in [1.165, 1.54) is 25.7 Å². The van der Waals surface area contributed by atoms with Crippen LogP contribution in [0.15, 0.2) is 0 Å². The van der Waals surface area contributed by atoms with Crippen molar-refractivity contribution in [3.8, 4) is 0 Å². The lowest BCUT2D eigenvalue weighted by molar-refractivity contribution is -0.122. The van der Waals surface area contributed by atoms with Gasteiger partial charge in [0.1, 0.15) is 0 Å². The zero-order valence-corrected chi connectivity index (χ0v) is 12.1. The highest BCUT2D eigenvalue weighted by atomic mass is 16.5. The zero-order chi connectivity index (χ0) is 13.4. The monoisotopic (exact) mass is 256 g/mol. The van der Waals surface area contributed by atoms with Gasteiger partial charge in [-0.3, -0.25) is 4.79 Å². The molecule has 1 atom stereocenters. The number of ether oxygens (including phenoxy) is 1. The Bertz CT molecular complexity index is 252. The van der Waals surface area contributed by atoms with Crippen molar-refractivity contribution in [1.29, 1.82) is 0 Å². The summed E-state index contributed by atoms with van der Waals surface area (Å²) in [7, 11) is 1.68. The zero-order valence-electron chi connectivity index (χ0n) is 12.1. The maximum atomic E-state index is 11.8. The topological polar surface area (TPSA) is 50.4 Å². The summed E-state index contributed by atoms with van der Waals surface area (Å²) in [5, 5.41) is 6.29. The summed E-state index contributed by atoms with van der Waals surface area (Å²) in [6.45, 7) is 6.54. The van der Waals surface area contributed by atoms with Crippen LogP contribution >= 0.6 is 0 Å². The molecule has 0 aromatic rings. The number of hydrogen-bond donors (Lipinski definition) is 2. The van der Waals surface area contributed by atoms with Gasteiger partial charge in [-0.1, -0.05) is 13.3 Å². The van der Waals surface area contributed by atoms with E-state index < -0.39 is 0 Å². The molecule has 1 amide bonds. The Morgan fingerprint density at radius 2 is 2.17 bits per heavy atom. The van der Waals surface area contributed by atoms with Gasteiger partial charge in [0.05, 0.1) is 6.04 Å². The average molecular weight is 256 g/mol. The van der Waals surface area contributed by atoms with Crippen molar-refractivity contribution in [3.05, 3.63) is 0 Å². The smallest absolute Gasteiger partial charge is 0.236 e. The highest BCUT2D eigenvalue weighted by Gasteiger charge is 2.41. The minimum absolute atomic E-state index is 0.0955. The molecule has 2 N–H and O–H groups in total. The first-order valence-corrected chi connectivity index (χ1v) is 7.13. The Kier molecular flexibility index (Phi) is 6.65. The van der Waals surface area contributed by atoms with Crippen molar-refractivity contribution in [2.75, 3.05) is 26.8 Å². The molecule has 1 fully saturated rings. The van der Waals surface area contributed by atoms with Crippen molar-refractivity contribution in [2.45, 2.75) is 52.0 Å². The molecule has 0 aromatic carbocycles. The summed E-state index contributed by atoms with van der Waals surface area (Å²) < 4.78 is 4.94. The number of amides is 1. The van der Waals surface area contributed by atoms with E-state index in [1.54, 1.807) is 7.11 Å². The number of rotatable bonds is 10. The largest absolute Gasteiger partial charge is 0.385 e. The van der Waals surface area contributed by atoms with E-state index in [2.05, 4.69) is 17.6 Å². The van der Waals surface area contributed by atoms with Crippen molar-refractivity contribution in [2.24, 2.45) is 5.41 Å². The molecule has 18 heavy (non-hydrogen) atoms. The van der Waals surface area contributed by atoms with E-state index in [1.807, 2.05) is 6.92 Å². The van der Waals surface area contributed by atoms with E-state index in [-0.39, 0.29) is 11.9 Å². The van der Waals surface area contributed by atoms with Crippen molar-refractivity contribution in [1.82, 2.24) is 10.6 Å². The van der Waals surface area contributed by atoms with Crippen molar-refractivity contribution >= 4 is 5.91 Å². The van der Waals surface area contributed by atoms with Crippen LogP contribution in [0, 0.1) is 5.41 Å². The van der Waals surface area contributed by atoms with Gasteiger partial charge in [0, 0.05) is 26.8 Å². The number of methoxy groups -OCH3 is 1. The second-order valence-electron chi connectivity index (χ2n) is 5.49. The predicted octanol–water partition coefficient (Wildman–Crippen LogP) is 1.70. The molecule has 1 rings (SSSR count). The molecule has 0 aliphatic heterocycles. The summed E-state index contributed by atoms with van der Waals surface area (Å²) in [5.74, 6) is 0.0957. The molecule has 0 aromatic heterocycles. The summed E-state index contributed by atoms with van der Waals surface area (Å²) in [6.07, 6.45) is 6.02. The van der Waals surface area contributed by atoms with Crippen LogP contribution in [-0.2, 0) is 9.53 Å². The van der Waals surface area contributed by atoms with E-state index >= 15 is 0 Å². The van der Waals surface area contributed by atoms with Gasteiger partial charge < -0.3 is 15.4 Å². The molecule has 0 saturated heterocycles. The molecule has 0 radical (unpaired) electrons. The lowest BCUT2D eigenvalue weighted by Gasteiger charge is -2.19. The quantitative estimate of drug-likeness (QED) is 0.585. The van der Waals surface area contributed by atoms with E-state index in [9.17, 15) is 4.79 Å². The number of nitrogens with one attached hydrogen (secondary N) is 2. The lowest BCUT2D eigenvalue weighted by Crippen LogP contribution is -2.44. The van der Waals surface area contributed by atoms with Crippen LogP contribution in [0.4, 0.5) is 0 Å². The Hall–Kier alpha value is -0.610. The predicted molar refractivity (Wildman–Crippen MR) is 73.5 cm³/mol. The molecule has 1 unspecified atom stereocenters. The SMILES string of the molecule is CCCC1(CNC(C)C(=O)NCCCOC)CC1. The van der Waals surface area contributed by atoms with Gasteiger partial charge >= 0.3 is 0 Å². The second kappa shape index (κ2) is 7.74. The minimum atomic E-state index is -0.0955. The molecule has 1 aliphatic rings. The van der Waals surface area contributed by atoms with Gasteiger partial charge in [0.2, 0.25) is 5.91 Å². The average Bonchev–Trinajstić information content (AvgIpc) is 3.12. The first kappa shape index (κ1) is 15.4. The van der Waals surface area contributed by atoms with E-state index in [0.717, 1.165) is 13.0 Å². The van der Waals surface area contributed by atoms with Gasteiger partial charge in [0.25, 0.3) is 0 Å². The molecule has 0 bridgehead atoms. The highest BCUT2D eigenvalue weighted by Crippen LogP contribution is 2.48. The summed E-state index contributed by atoms with van der Waals surface area (Å²) in [4.78, 5) is 11.8. The van der Waals surface area contributed by atoms with Crippen LogP contribution in [0.5, 0.6) is 0 Å². The van der Waals surface area contributed by atoms with Crippen LogP contribution in [-0.4, -0.2) is 38.8 Å². The Balaban J connectivity index is 2.12. The summed E-state index contributed by atoms with van der Waals surface area (Å²) in [6, 6.07) is -0.0955. The Labute approximate surface area is 111 Å². The van der Waals surface area contributed by atoms with Gasteiger partial charge in [-0.25, -0.2) is 0 Å².